The van der Waals surface area contributed by atoms with Crippen LogP contribution in [0.25, 0.3) is 10.9 Å². The molecule has 3 aromatic rings. The van der Waals surface area contributed by atoms with Crippen molar-refractivity contribution in [1.29, 1.82) is 0 Å². The number of fused-ring (bicyclic) bond motifs is 1. The molecule has 5 heteroatoms. The molecule has 0 saturated heterocycles. The zero-order chi connectivity index (χ0) is 16.2. The summed E-state index contributed by atoms with van der Waals surface area (Å²) < 4.78 is 18.3. The van der Waals surface area contributed by atoms with Crippen LogP contribution in [0.4, 0.5) is 4.39 Å². The van der Waals surface area contributed by atoms with E-state index in [-0.39, 0.29) is 12.5 Å². The average molecular weight is 312 g/mol. The molecule has 0 saturated carbocycles. The van der Waals surface area contributed by atoms with Crippen LogP contribution in [0.2, 0.25) is 0 Å². The lowest BCUT2D eigenvalue weighted by atomic mass is 10.1. The maximum atomic E-state index is 13.0. The van der Waals surface area contributed by atoms with Gasteiger partial charge < -0.3 is 15.0 Å². The largest absolute Gasteiger partial charge is 0.484 e. The van der Waals surface area contributed by atoms with Crippen LogP contribution in [-0.2, 0) is 11.3 Å². The molecule has 4 nitrogen and oxygen atoms in total. The van der Waals surface area contributed by atoms with Gasteiger partial charge in [0.2, 0.25) is 0 Å². The molecule has 0 unspecified atom stereocenters. The first-order valence-electron chi connectivity index (χ1n) is 7.33. The number of halogens is 1. The predicted molar refractivity (Wildman–Crippen MR) is 86.8 cm³/mol. The fourth-order valence-electron chi connectivity index (χ4n) is 2.39. The van der Waals surface area contributed by atoms with E-state index in [0.29, 0.717) is 12.3 Å². The first-order chi connectivity index (χ1) is 11.1. The minimum atomic E-state index is -0.391. The standard InChI is InChI=1S/C18H17FN2O2/c1-12-7-14-8-13(5-6-17(14)21-12)10-20-18(22)11-23-16-4-2-3-15(19)9-16/h2-9,21H,10-11H2,1H3,(H,20,22). The molecule has 0 fully saturated rings. The molecule has 1 amide bonds. The number of H-pyrrole nitrogens is 1. The molecule has 0 radical (unpaired) electrons. The van der Waals surface area contributed by atoms with Crippen molar-refractivity contribution in [1.82, 2.24) is 10.3 Å². The van der Waals surface area contributed by atoms with Gasteiger partial charge in [-0.25, -0.2) is 4.39 Å². The van der Waals surface area contributed by atoms with Crippen molar-refractivity contribution in [2.75, 3.05) is 6.61 Å². The highest BCUT2D eigenvalue weighted by atomic mass is 19.1. The van der Waals surface area contributed by atoms with Crippen molar-refractivity contribution in [3.63, 3.8) is 0 Å². The molecule has 118 valence electrons. The van der Waals surface area contributed by atoms with Gasteiger partial charge in [0, 0.05) is 23.8 Å². The highest BCUT2D eigenvalue weighted by Crippen LogP contribution is 2.16. The highest BCUT2D eigenvalue weighted by Gasteiger charge is 2.05. The number of hydrogen-bond acceptors (Lipinski definition) is 2. The molecule has 0 aliphatic carbocycles. The lowest BCUT2D eigenvalue weighted by Crippen LogP contribution is -2.28. The van der Waals surface area contributed by atoms with Gasteiger partial charge in [-0.15, -0.1) is 0 Å². The number of rotatable bonds is 5. The van der Waals surface area contributed by atoms with Gasteiger partial charge in [0.05, 0.1) is 0 Å². The third kappa shape index (κ3) is 3.88. The van der Waals surface area contributed by atoms with Crippen LogP contribution in [0.5, 0.6) is 5.75 Å². The van der Waals surface area contributed by atoms with Gasteiger partial charge in [-0.05, 0) is 48.2 Å². The molecule has 2 aromatic carbocycles. The molecule has 2 N–H and O–H groups in total. The molecular formula is C18H17FN2O2. The van der Waals surface area contributed by atoms with E-state index in [0.717, 1.165) is 22.2 Å². The van der Waals surface area contributed by atoms with Crippen LogP contribution in [0, 0.1) is 12.7 Å². The zero-order valence-corrected chi connectivity index (χ0v) is 12.7. The van der Waals surface area contributed by atoms with Crippen LogP contribution in [0.3, 0.4) is 0 Å². The fraction of sp³-hybridized carbons (Fsp3) is 0.167. The molecule has 0 bridgehead atoms. The van der Waals surface area contributed by atoms with Gasteiger partial charge in [0.1, 0.15) is 11.6 Å². The summed E-state index contributed by atoms with van der Waals surface area (Å²) >= 11 is 0. The lowest BCUT2D eigenvalue weighted by Gasteiger charge is -2.08. The van der Waals surface area contributed by atoms with E-state index in [4.69, 9.17) is 4.74 Å². The SMILES string of the molecule is Cc1cc2cc(CNC(=O)COc3cccc(F)c3)ccc2[nH]1. The molecule has 1 aromatic heterocycles. The van der Waals surface area contributed by atoms with E-state index in [1.165, 1.54) is 18.2 Å². The van der Waals surface area contributed by atoms with Crippen molar-refractivity contribution in [2.45, 2.75) is 13.5 Å². The van der Waals surface area contributed by atoms with E-state index in [2.05, 4.69) is 16.4 Å². The number of hydrogen-bond donors (Lipinski definition) is 2. The quantitative estimate of drug-likeness (QED) is 0.759. The minimum Gasteiger partial charge on any atom is -0.484 e. The third-order valence-electron chi connectivity index (χ3n) is 3.48. The number of benzene rings is 2. The second-order valence-corrected chi connectivity index (χ2v) is 5.40. The maximum absolute atomic E-state index is 13.0. The number of amides is 1. The number of nitrogens with one attached hydrogen (secondary N) is 2. The first kappa shape index (κ1) is 15.1. The van der Waals surface area contributed by atoms with Crippen LogP contribution in [0.15, 0.2) is 48.5 Å². The van der Waals surface area contributed by atoms with Gasteiger partial charge in [0.25, 0.3) is 5.91 Å². The van der Waals surface area contributed by atoms with Gasteiger partial charge in [-0.2, -0.15) is 0 Å². The van der Waals surface area contributed by atoms with E-state index >= 15 is 0 Å². The summed E-state index contributed by atoms with van der Waals surface area (Å²) in [5.74, 6) is -0.304. The Morgan fingerprint density at radius 2 is 2.09 bits per heavy atom. The maximum Gasteiger partial charge on any atom is 0.258 e. The molecule has 0 atom stereocenters. The third-order valence-corrected chi connectivity index (χ3v) is 3.48. The van der Waals surface area contributed by atoms with Gasteiger partial charge in [-0.1, -0.05) is 12.1 Å². The van der Waals surface area contributed by atoms with Gasteiger partial charge in [-0.3, -0.25) is 4.79 Å². The van der Waals surface area contributed by atoms with Gasteiger partial charge >= 0.3 is 0 Å². The Labute approximate surface area is 133 Å². The van der Waals surface area contributed by atoms with Crippen molar-refractivity contribution in [2.24, 2.45) is 0 Å². The molecule has 3 rings (SSSR count). The summed E-state index contributed by atoms with van der Waals surface area (Å²) in [4.78, 5) is 15.1. The normalized spacial score (nSPS) is 10.7. The summed E-state index contributed by atoms with van der Waals surface area (Å²) in [6.07, 6.45) is 0. The monoisotopic (exact) mass is 312 g/mol. The Kier molecular flexibility index (Phi) is 4.28. The predicted octanol–water partition coefficient (Wildman–Crippen LogP) is 3.31. The number of aromatic nitrogens is 1. The molecule has 0 aliphatic heterocycles. The zero-order valence-electron chi connectivity index (χ0n) is 12.7. The second kappa shape index (κ2) is 6.52. The summed E-state index contributed by atoms with van der Waals surface area (Å²) in [6.45, 7) is 2.28. The van der Waals surface area contributed by atoms with Crippen LogP contribution in [0.1, 0.15) is 11.3 Å². The fourth-order valence-corrected chi connectivity index (χ4v) is 2.39. The molecular weight excluding hydrogens is 295 g/mol. The number of carbonyl (C=O) groups is 1. The summed E-state index contributed by atoms with van der Waals surface area (Å²) in [7, 11) is 0. The van der Waals surface area contributed by atoms with Crippen molar-refractivity contribution in [3.05, 3.63) is 65.6 Å². The van der Waals surface area contributed by atoms with Gasteiger partial charge in [0.15, 0.2) is 6.61 Å². The highest BCUT2D eigenvalue weighted by molar-refractivity contribution is 5.81. The Bertz CT molecular complexity index is 842. The number of aromatic amines is 1. The van der Waals surface area contributed by atoms with Crippen molar-refractivity contribution in [3.8, 4) is 5.75 Å². The van der Waals surface area contributed by atoms with E-state index in [1.54, 1.807) is 6.07 Å². The van der Waals surface area contributed by atoms with Crippen LogP contribution < -0.4 is 10.1 Å². The smallest absolute Gasteiger partial charge is 0.258 e. The Morgan fingerprint density at radius 1 is 1.22 bits per heavy atom. The van der Waals surface area contributed by atoms with E-state index in [9.17, 15) is 9.18 Å². The second-order valence-electron chi connectivity index (χ2n) is 5.40. The Hall–Kier alpha value is -2.82. The summed E-state index contributed by atoms with van der Waals surface area (Å²) in [6, 6.07) is 13.8. The van der Waals surface area contributed by atoms with Crippen LogP contribution >= 0.6 is 0 Å². The van der Waals surface area contributed by atoms with Crippen LogP contribution in [-0.4, -0.2) is 17.5 Å². The number of ether oxygens (including phenoxy) is 1. The minimum absolute atomic E-state index is 0.144. The molecule has 0 aliphatic rings. The molecule has 1 heterocycles. The van der Waals surface area contributed by atoms with E-state index < -0.39 is 5.82 Å². The van der Waals surface area contributed by atoms with E-state index in [1.807, 2.05) is 25.1 Å². The Balaban J connectivity index is 1.53. The van der Waals surface area contributed by atoms with Crippen molar-refractivity contribution >= 4 is 16.8 Å². The molecule has 23 heavy (non-hydrogen) atoms. The first-order valence-corrected chi connectivity index (χ1v) is 7.33. The summed E-state index contributed by atoms with van der Waals surface area (Å²) in [5.41, 5.74) is 3.19. The van der Waals surface area contributed by atoms with Crippen molar-refractivity contribution < 1.29 is 13.9 Å². The number of aryl methyl sites for hydroxylation is 1. The number of carbonyl (C=O) groups excluding carboxylic acids is 1. The lowest BCUT2D eigenvalue weighted by molar-refractivity contribution is -0.123. The summed E-state index contributed by atoms with van der Waals surface area (Å²) in [5, 5.41) is 3.90. The molecule has 0 spiro atoms. The average Bonchev–Trinajstić information content (AvgIpc) is 2.90. The Morgan fingerprint density at radius 3 is 2.91 bits per heavy atom. The topological polar surface area (TPSA) is 54.1 Å².